The number of hydrogen-bond donors (Lipinski definition) is 1. The molecule has 1 aliphatic carbocycles. The second-order valence-corrected chi connectivity index (χ2v) is 9.36. The van der Waals surface area contributed by atoms with Crippen molar-refractivity contribution in [1.29, 1.82) is 0 Å². The summed E-state index contributed by atoms with van der Waals surface area (Å²) in [6.07, 6.45) is 1.60. The average Bonchev–Trinajstić information content (AvgIpc) is 3.27. The summed E-state index contributed by atoms with van der Waals surface area (Å²) in [6.45, 7) is 8.24. The standard InChI is InChI=1S/C18H25N3O4S/c1-5-20-16(22)14-10-13(26(24,25)19-18(4)8-9-18)6-7-15(14)21(17(20)23)11-12(2)3/h6-7,10,12,19H,5,8-9,11H2,1-4H3. The van der Waals surface area contributed by atoms with Crippen LogP contribution in [0.1, 0.15) is 40.5 Å². The molecule has 0 unspecified atom stereocenters. The highest BCUT2D eigenvalue weighted by Gasteiger charge is 2.41. The lowest BCUT2D eigenvalue weighted by molar-refractivity contribution is 0.494. The van der Waals surface area contributed by atoms with Gasteiger partial charge in [-0.3, -0.25) is 13.9 Å². The predicted molar refractivity (Wildman–Crippen MR) is 101 cm³/mol. The second-order valence-electron chi connectivity index (χ2n) is 7.68. The summed E-state index contributed by atoms with van der Waals surface area (Å²) < 4.78 is 30.7. The van der Waals surface area contributed by atoms with Crippen molar-refractivity contribution in [2.24, 2.45) is 5.92 Å². The Morgan fingerprint density at radius 3 is 2.38 bits per heavy atom. The van der Waals surface area contributed by atoms with Gasteiger partial charge in [0.1, 0.15) is 0 Å². The van der Waals surface area contributed by atoms with E-state index in [0.717, 1.165) is 17.4 Å². The monoisotopic (exact) mass is 379 g/mol. The van der Waals surface area contributed by atoms with Crippen LogP contribution in [0.4, 0.5) is 0 Å². The fourth-order valence-corrected chi connectivity index (χ4v) is 4.55. The fraction of sp³-hybridized carbons (Fsp3) is 0.556. The van der Waals surface area contributed by atoms with Gasteiger partial charge >= 0.3 is 5.69 Å². The number of nitrogens with zero attached hydrogens (tertiary/aromatic N) is 2. The molecule has 26 heavy (non-hydrogen) atoms. The van der Waals surface area contributed by atoms with Crippen molar-refractivity contribution in [3.05, 3.63) is 39.0 Å². The average molecular weight is 379 g/mol. The van der Waals surface area contributed by atoms with Crippen LogP contribution >= 0.6 is 0 Å². The van der Waals surface area contributed by atoms with Crippen LogP contribution in [0, 0.1) is 5.92 Å². The molecule has 1 saturated carbocycles. The van der Waals surface area contributed by atoms with Gasteiger partial charge in [0, 0.05) is 18.6 Å². The zero-order valence-corrected chi connectivity index (χ0v) is 16.4. The summed E-state index contributed by atoms with van der Waals surface area (Å²) in [7, 11) is -3.71. The van der Waals surface area contributed by atoms with Crippen LogP contribution in [0.15, 0.2) is 32.7 Å². The van der Waals surface area contributed by atoms with Crippen molar-refractivity contribution in [3.8, 4) is 0 Å². The zero-order valence-electron chi connectivity index (χ0n) is 15.6. The maximum absolute atomic E-state index is 12.7. The molecule has 7 nitrogen and oxygen atoms in total. The maximum Gasteiger partial charge on any atom is 0.331 e. The van der Waals surface area contributed by atoms with Gasteiger partial charge in [0.05, 0.1) is 15.8 Å². The number of benzene rings is 1. The Hall–Kier alpha value is -1.93. The molecule has 0 spiro atoms. The summed E-state index contributed by atoms with van der Waals surface area (Å²) in [4.78, 5) is 25.4. The molecule has 1 heterocycles. The Kier molecular flexibility index (Phi) is 4.60. The molecule has 2 aromatic rings. The van der Waals surface area contributed by atoms with Gasteiger partial charge in [-0.1, -0.05) is 13.8 Å². The predicted octanol–water partition coefficient (Wildman–Crippen LogP) is 1.67. The van der Waals surface area contributed by atoms with Crippen molar-refractivity contribution in [2.45, 2.75) is 64.1 Å². The van der Waals surface area contributed by atoms with Crippen LogP contribution in [0.5, 0.6) is 0 Å². The summed E-state index contributed by atoms with van der Waals surface area (Å²) in [5.41, 5.74) is -0.747. The highest BCUT2D eigenvalue weighted by atomic mass is 32.2. The lowest BCUT2D eigenvalue weighted by Crippen LogP contribution is -2.40. The molecule has 0 saturated heterocycles. The SMILES string of the molecule is CCn1c(=O)c2cc(S(=O)(=O)NC3(C)CC3)ccc2n(CC(C)C)c1=O. The van der Waals surface area contributed by atoms with Crippen LogP contribution in [-0.4, -0.2) is 23.1 Å². The minimum absolute atomic E-state index is 0.0487. The third-order valence-electron chi connectivity index (χ3n) is 4.75. The Balaban J connectivity index is 2.24. The molecule has 8 heteroatoms. The first-order chi connectivity index (χ1) is 12.1. The van der Waals surface area contributed by atoms with E-state index in [1.807, 2.05) is 20.8 Å². The molecule has 0 radical (unpaired) electrons. The van der Waals surface area contributed by atoms with Crippen molar-refractivity contribution in [1.82, 2.24) is 13.9 Å². The van der Waals surface area contributed by atoms with E-state index in [9.17, 15) is 18.0 Å². The molecule has 1 aromatic carbocycles. The molecule has 1 aliphatic rings. The van der Waals surface area contributed by atoms with Crippen LogP contribution in [0.2, 0.25) is 0 Å². The van der Waals surface area contributed by atoms with Crippen molar-refractivity contribution < 1.29 is 8.42 Å². The minimum Gasteiger partial charge on any atom is -0.293 e. The van der Waals surface area contributed by atoms with E-state index in [-0.39, 0.29) is 28.4 Å². The quantitative estimate of drug-likeness (QED) is 0.827. The Labute approximate surface area is 152 Å². The Morgan fingerprint density at radius 1 is 1.19 bits per heavy atom. The molecular weight excluding hydrogens is 354 g/mol. The molecule has 142 valence electrons. The van der Waals surface area contributed by atoms with Gasteiger partial charge in [-0.2, -0.15) is 0 Å². The van der Waals surface area contributed by atoms with Crippen LogP contribution in [0.25, 0.3) is 10.9 Å². The second kappa shape index (κ2) is 6.35. The molecule has 0 aliphatic heterocycles. The Morgan fingerprint density at radius 2 is 1.85 bits per heavy atom. The first-order valence-corrected chi connectivity index (χ1v) is 10.4. The molecular formula is C18H25N3O4S. The number of rotatable bonds is 6. The summed E-state index contributed by atoms with van der Waals surface area (Å²) in [5.74, 6) is 0.207. The van der Waals surface area contributed by atoms with Gasteiger partial charge in [-0.25, -0.2) is 17.9 Å². The van der Waals surface area contributed by atoms with Crippen LogP contribution < -0.4 is 16.0 Å². The normalized spacial score (nSPS) is 16.3. The van der Waals surface area contributed by atoms with E-state index in [2.05, 4.69) is 4.72 Å². The Bertz CT molecular complexity index is 1080. The lowest BCUT2D eigenvalue weighted by atomic mass is 10.2. The largest absolute Gasteiger partial charge is 0.331 e. The third kappa shape index (κ3) is 3.35. The number of hydrogen-bond acceptors (Lipinski definition) is 4. The maximum atomic E-state index is 12.7. The minimum atomic E-state index is -3.71. The number of sulfonamides is 1. The van der Waals surface area contributed by atoms with Gasteiger partial charge in [0.2, 0.25) is 10.0 Å². The first-order valence-electron chi connectivity index (χ1n) is 8.89. The number of fused-ring (bicyclic) bond motifs is 1. The summed E-state index contributed by atoms with van der Waals surface area (Å²) in [5, 5.41) is 0.246. The van der Waals surface area contributed by atoms with Crippen LogP contribution in [0.3, 0.4) is 0 Å². The van der Waals surface area contributed by atoms with Crippen molar-refractivity contribution in [2.75, 3.05) is 0 Å². The van der Waals surface area contributed by atoms with E-state index in [1.54, 1.807) is 17.6 Å². The van der Waals surface area contributed by atoms with Gasteiger partial charge in [-0.15, -0.1) is 0 Å². The highest BCUT2D eigenvalue weighted by molar-refractivity contribution is 7.89. The molecule has 3 rings (SSSR count). The summed E-state index contributed by atoms with van der Waals surface area (Å²) >= 11 is 0. The molecule has 1 fully saturated rings. The zero-order chi connectivity index (χ0) is 19.3. The smallest absolute Gasteiger partial charge is 0.293 e. The first kappa shape index (κ1) is 18.8. The topological polar surface area (TPSA) is 90.2 Å². The number of nitrogens with one attached hydrogen (secondary N) is 1. The van der Waals surface area contributed by atoms with Gasteiger partial charge in [-0.05, 0) is 50.8 Å². The molecule has 0 amide bonds. The van der Waals surface area contributed by atoms with Gasteiger partial charge in [0.25, 0.3) is 5.56 Å². The lowest BCUT2D eigenvalue weighted by Gasteiger charge is -2.16. The van der Waals surface area contributed by atoms with Crippen molar-refractivity contribution in [3.63, 3.8) is 0 Å². The van der Waals surface area contributed by atoms with E-state index < -0.39 is 21.1 Å². The van der Waals surface area contributed by atoms with E-state index in [4.69, 9.17) is 0 Å². The molecule has 0 bridgehead atoms. The van der Waals surface area contributed by atoms with Crippen molar-refractivity contribution >= 4 is 20.9 Å². The molecule has 1 aromatic heterocycles. The fourth-order valence-electron chi connectivity index (χ4n) is 3.06. The van der Waals surface area contributed by atoms with E-state index in [1.165, 1.54) is 12.1 Å². The third-order valence-corrected chi connectivity index (χ3v) is 6.39. The van der Waals surface area contributed by atoms with E-state index >= 15 is 0 Å². The van der Waals surface area contributed by atoms with Gasteiger partial charge in [0.15, 0.2) is 0 Å². The molecule has 0 atom stereocenters. The molecule has 1 N–H and O–H groups in total. The van der Waals surface area contributed by atoms with Crippen LogP contribution in [-0.2, 0) is 23.1 Å². The van der Waals surface area contributed by atoms with E-state index in [0.29, 0.717) is 12.1 Å². The number of aromatic nitrogens is 2. The van der Waals surface area contributed by atoms with Gasteiger partial charge < -0.3 is 0 Å². The summed E-state index contributed by atoms with van der Waals surface area (Å²) in [6, 6.07) is 4.40. The highest BCUT2D eigenvalue weighted by Crippen LogP contribution is 2.36.